The highest BCUT2D eigenvalue weighted by molar-refractivity contribution is 5.95. The summed E-state index contributed by atoms with van der Waals surface area (Å²) in [6, 6.07) is 6.00. The quantitative estimate of drug-likeness (QED) is 0.518. The molecule has 1 amide bonds. The van der Waals surface area contributed by atoms with Crippen molar-refractivity contribution in [3.8, 4) is 0 Å². The Morgan fingerprint density at radius 2 is 2.00 bits per heavy atom. The standard InChI is InChI=1S/C26H34N6O/c1-2-23(30-26(33)21-12-22(16-28-15-21)31-10-3-4-11-31)24-18-32-17-20(8-9-25(32)29-24)14-27-13-19-6-5-7-19/h8-9,12,15-19,23,27H,2-7,10-11,13-14H2,1H3,(H,30,33). The van der Waals surface area contributed by atoms with E-state index in [1.54, 1.807) is 6.20 Å². The van der Waals surface area contributed by atoms with Crippen molar-refractivity contribution >= 4 is 17.2 Å². The van der Waals surface area contributed by atoms with Crippen molar-refractivity contribution in [3.05, 3.63) is 59.8 Å². The number of nitrogens with zero attached hydrogens (tertiary/aromatic N) is 4. The molecule has 2 N–H and O–H groups in total. The molecule has 1 unspecified atom stereocenters. The minimum absolute atomic E-state index is 0.103. The lowest BCUT2D eigenvalue weighted by atomic mass is 9.85. The molecule has 7 heteroatoms. The van der Waals surface area contributed by atoms with Crippen LogP contribution in [0, 0.1) is 5.92 Å². The number of carbonyl (C=O) groups excluding carboxylic acids is 1. The smallest absolute Gasteiger partial charge is 0.253 e. The number of carbonyl (C=O) groups is 1. The number of nitrogens with one attached hydrogen (secondary N) is 2. The van der Waals surface area contributed by atoms with Gasteiger partial charge in [0.2, 0.25) is 0 Å². The van der Waals surface area contributed by atoms with Crippen LogP contribution in [0.3, 0.4) is 0 Å². The Kier molecular flexibility index (Phi) is 6.58. The lowest BCUT2D eigenvalue weighted by Gasteiger charge is -2.25. The molecule has 3 aromatic rings. The Balaban J connectivity index is 1.25. The topological polar surface area (TPSA) is 74.6 Å². The van der Waals surface area contributed by atoms with Crippen molar-refractivity contribution in [3.63, 3.8) is 0 Å². The number of amides is 1. The molecule has 5 rings (SSSR count). The van der Waals surface area contributed by atoms with E-state index in [2.05, 4.69) is 50.2 Å². The summed E-state index contributed by atoms with van der Waals surface area (Å²) in [5, 5.41) is 6.74. The number of pyridine rings is 2. The Labute approximate surface area is 195 Å². The van der Waals surface area contributed by atoms with Crippen molar-refractivity contribution in [2.75, 3.05) is 24.5 Å². The third-order valence-electron chi connectivity index (χ3n) is 7.05. The average Bonchev–Trinajstić information content (AvgIpc) is 3.49. The minimum Gasteiger partial charge on any atom is -0.370 e. The highest BCUT2D eigenvalue weighted by Crippen LogP contribution is 2.25. The fourth-order valence-corrected chi connectivity index (χ4v) is 4.77. The van der Waals surface area contributed by atoms with E-state index in [1.807, 2.05) is 18.5 Å². The third kappa shape index (κ3) is 5.03. The van der Waals surface area contributed by atoms with Gasteiger partial charge >= 0.3 is 0 Å². The first-order valence-electron chi connectivity index (χ1n) is 12.4. The van der Waals surface area contributed by atoms with Gasteiger partial charge < -0.3 is 19.9 Å². The largest absolute Gasteiger partial charge is 0.370 e. The van der Waals surface area contributed by atoms with E-state index in [0.29, 0.717) is 5.56 Å². The molecule has 0 radical (unpaired) electrons. The minimum atomic E-state index is -0.145. The SMILES string of the molecule is CCC(NC(=O)c1cncc(N2CCCC2)c1)c1cn2cc(CNCC3CCC3)ccc2n1. The maximum Gasteiger partial charge on any atom is 0.253 e. The van der Waals surface area contributed by atoms with Crippen LogP contribution in [0.1, 0.15) is 73.1 Å². The van der Waals surface area contributed by atoms with E-state index in [4.69, 9.17) is 4.98 Å². The zero-order valence-electron chi connectivity index (χ0n) is 19.5. The van der Waals surface area contributed by atoms with Crippen molar-refractivity contribution in [1.29, 1.82) is 0 Å². The van der Waals surface area contributed by atoms with Gasteiger partial charge in [-0.3, -0.25) is 9.78 Å². The maximum atomic E-state index is 13.0. The van der Waals surface area contributed by atoms with Gasteiger partial charge in [0, 0.05) is 38.2 Å². The molecular formula is C26H34N6O. The Bertz CT molecular complexity index is 1100. The zero-order chi connectivity index (χ0) is 22.6. The van der Waals surface area contributed by atoms with Crippen molar-refractivity contribution < 1.29 is 4.79 Å². The summed E-state index contributed by atoms with van der Waals surface area (Å²) in [6.07, 6.45) is 14.9. The van der Waals surface area contributed by atoms with Crippen LogP contribution in [-0.2, 0) is 6.54 Å². The molecule has 1 atom stereocenters. The molecule has 2 aliphatic rings. The predicted molar refractivity (Wildman–Crippen MR) is 130 cm³/mol. The van der Waals surface area contributed by atoms with Gasteiger partial charge in [0.05, 0.1) is 29.2 Å². The molecular weight excluding hydrogens is 412 g/mol. The second-order valence-corrected chi connectivity index (χ2v) is 9.46. The Morgan fingerprint density at radius 1 is 1.15 bits per heavy atom. The monoisotopic (exact) mass is 446 g/mol. The van der Waals surface area contributed by atoms with E-state index in [0.717, 1.165) is 55.5 Å². The summed E-state index contributed by atoms with van der Waals surface area (Å²) in [5.74, 6) is 0.752. The highest BCUT2D eigenvalue weighted by Gasteiger charge is 2.20. The second kappa shape index (κ2) is 9.91. The van der Waals surface area contributed by atoms with Crippen LogP contribution in [0.2, 0.25) is 0 Å². The molecule has 0 bridgehead atoms. The summed E-state index contributed by atoms with van der Waals surface area (Å²) in [6.45, 7) is 6.11. The molecule has 3 aromatic heterocycles. The molecule has 4 heterocycles. The van der Waals surface area contributed by atoms with E-state index < -0.39 is 0 Å². The first-order valence-corrected chi connectivity index (χ1v) is 12.4. The van der Waals surface area contributed by atoms with E-state index >= 15 is 0 Å². The average molecular weight is 447 g/mol. The van der Waals surface area contributed by atoms with Crippen LogP contribution in [0.15, 0.2) is 43.0 Å². The molecule has 7 nitrogen and oxygen atoms in total. The summed E-state index contributed by atoms with van der Waals surface area (Å²) in [7, 11) is 0. The molecule has 1 saturated carbocycles. The number of hydrogen-bond donors (Lipinski definition) is 2. The number of rotatable bonds is 9. The lowest BCUT2D eigenvalue weighted by molar-refractivity contribution is 0.0934. The molecule has 0 spiro atoms. The van der Waals surface area contributed by atoms with Crippen molar-refractivity contribution in [2.24, 2.45) is 5.92 Å². The number of anilines is 1. The first-order chi connectivity index (χ1) is 16.2. The molecule has 1 aliphatic heterocycles. The molecule has 2 fully saturated rings. The number of fused-ring (bicyclic) bond motifs is 1. The summed E-state index contributed by atoms with van der Waals surface area (Å²) >= 11 is 0. The van der Waals surface area contributed by atoms with E-state index in [1.165, 1.54) is 37.7 Å². The fourth-order valence-electron chi connectivity index (χ4n) is 4.77. The van der Waals surface area contributed by atoms with Gasteiger partial charge in [0.1, 0.15) is 5.65 Å². The summed E-state index contributed by atoms with van der Waals surface area (Å²) in [5.41, 5.74) is 4.65. The van der Waals surface area contributed by atoms with Crippen LogP contribution < -0.4 is 15.5 Å². The molecule has 33 heavy (non-hydrogen) atoms. The van der Waals surface area contributed by atoms with Crippen molar-refractivity contribution in [2.45, 2.75) is 58.0 Å². The van der Waals surface area contributed by atoms with E-state index in [9.17, 15) is 4.79 Å². The fraction of sp³-hybridized carbons (Fsp3) is 0.500. The Hall–Kier alpha value is -2.93. The van der Waals surface area contributed by atoms with Gasteiger partial charge in [-0.25, -0.2) is 4.98 Å². The molecule has 1 aliphatic carbocycles. The van der Waals surface area contributed by atoms with Crippen LogP contribution in [0.5, 0.6) is 0 Å². The van der Waals surface area contributed by atoms with Gasteiger partial charge in [0.15, 0.2) is 0 Å². The molecule has 1 saturated heterocycles. The van der Waals surface area contributed by atoms with Gasteiger partial charge in [0.25, 0.3) is 5.91 Å². The number of imidazole rings is 1. The van der Waals surface area contributed by atoms with Gasteiger partial charge in [-0.1, -0.05) is 19.4 Å². The Morgan fingerprint density at radius 3 is 2.76 bits per heavy atom. The van der Waals surface area contributed by atoms with Gasteiger partial charge in [-0.2, -0.15) is 0 Å². The van der Waals surface area contributed by atoms with Crippen LogP contribution in [0.4, 0.5) is 5.69 Å². The number of aromatic nitrogens is 3. The normalized spacial score (nSPS) is 17.3. The highest BCUT2D eigenvalue weighted by atomic mass is 16.1. The lowest BCUT2D eigenvalue weighted by Crippen LogP contribution is -2.29. The summed E-state index contributed by atoms with van der Waals surface area (Å²) < 4.78 is 2.07. The number of hydrogen-bond acceptors (Lipinski definition) is 5. The molecule has 174 valence electrons. The van der Waals surface area contributed by atoms with Crippen molar-refractivity contribution in [1.82, 2.24) is 25.0 Å². The first kappa shape index (κ1) is 21.9. The van der Waals surface area contributed by atoms with Crippen LogP contribution in [-0.4, -0.2) is 39.9 Å². The summed E-state index contributed by atoms with van der Waals surface area (Å²) in [4.78, 5) is 24.4. The zero-order valence-corrected chi connectivity index (χ0v) is 19.5. The third-order valence-corrected chi connectivity index (χ3v) is 7.05. The van der Waals surface area contributed by atoms with Gasteiger partial charge in [-0.05, 0) is 62.3 Å². The van der Waals surface area contributed by atoms with E-state index in [-0.39, 0.29) is 11.9 Å². The predicted octanol–water partition coefficient (Wildman–Crippen LogP) is 4.10. The van der Waals surface area contributed by atoms with Gasteiger partial charge in [-0.15, -0.1) is 0 Å². The second-order valence-electron chi connectivity index (χ2n) is 9.46. The van der Waals surface area contributed by atoms with Crippen LogP contribution >= 0.6 is 0 Å². The maximum absolute atomic E-state index is 13.0. The van der Waals surface area contributed by atoms with Crippen LogP contribution in [0.25, 0.3) is 5.65 Å². The molecule has 0 aromatic carbocycles.